The number of carbonyl (C=O) groups is 1. The van der Waals surface area contributed by atoms with Crippen molar-refractivity contribution in [1.29, 1.82) is 0 Å². The number of anilines is 2. The highest BCUT2D eigenvalue weighted by molar-refractivity contribution is 7.13. The molecular formula is C21H20FN3O2S. The molecule has 0 saturated carbocycles. The number of benzene rings is 2. The van der Waals surface area contributed by atoms with Gasteiger partial charge >= 0.3 is 0 Å². The van der Waals surface area contributed by atoms with Crippen molar-refractivity contribution in [2.24, 2.45) is 0 Å². The highest BCUT2D eigenvalue weighted by Crippen LogP contribution is 2.32. The molecule has 0 unspecified atom stereocenters. The molecule has 2 aromatic carbocycles. The number of aromatic nitrogens is 1. The maximum atomic E-state index is 14.5. The molecule has 3 aromatic rings. The van der Waals surface area contributed by atoms with Gasteiger partial charge in [0.25, 0.3) is 5.91 Å². The molecule has 1 amide bonds. The van der Waals surface area contributed by atoms with E-state index in [0.717, 1.165) is 47.9 Å². The van der Waals surface area contributed by atoms with Gasteiger partial charge in [-0.3, -0.25) is 4.79 Å². The molecular weight excluding hydrogens is 377 g/mol. The summed E-state index contributed by atoms with van der Waals surface area (Å²) in [5.41, 5.74) is 2.10. The zero-order valence-corrected chi connectivity index (χ0v) is 16.3. The van der Waals surface area contributed by atoms with Gasteiger partial charge in [0.1, 0.15) is 28.0 Å². The van der Waals surface area contributed by atoms with Crippen LogP contribution < -0.4 is 15.0 Å². The Balaban J connectivity index is 1.55. The summed E-state index contributed by atoms with van der Waals surface area (Å²) in [5, 5.41) is 5.13. The summed E-state index contributed by atoms with van der Waals surface area (Å²) in [4.78, 5) is 19.2. The predicted molar refractivity (Wildman–Crippen MR) is 110 cm³/mol. The van der Waals surface area contributed by atoms with Crippen LogP contribution in [0.3, 0.4) is 0 Å². The highest BCUT2D eigenvalue weighted by atomic mass is 32.1. The minimum absolute atomic E-state index is 0.216. The van der Waals surface area contributed by atoms with Gasteiger partial charge in [-0.25, -0.2) is 9.37 Å². The van der Waals surface area contributed by atoms with E-state index in [0.29, 0.717) is 0 Å². The van der Waals surface area contributed by atoms with Crippen molar-refractivity contribution < 1.29 is 13.9 Å². The van der Waals surface area contributed by atoms with E-state index in [1.165, 1.54) is 17.4 Å². The van der Waals surface area contributed by atoms with Crippen LogP contribution in [0.1, 0.15) is 23.3 Å². The van der Waals surface area contributed by atoms with Crippen LogP contribution in [0.25, 0.3) is 10.6 Å². The van der Waals surface area contributed by atoms with Crippen LogP contribution in [0, 0.1) is 5.82 Å². The molecule has 4 rings (SSSR count). The van der Waals surface area contributed by atoms with Gasteiger partial charge in [-0.2, -0.15) is 0 Å². The summed E-state index contributed by atoms with van der Waals surface area (Å²) in [7, 11) is 1.61. The second-order valence-electron chi connectivity index (χ2n) is 6.55. The Morgan fingerprint density at radius 1 is 1.18 bits per heavy atom. The number of thiazole rings is 1. The van der Waals surface area contributed by atoms with Gasteiger partial charge in [0.2, 0.25) is 0 Å². The van der Waals surface area contributed by atoms with Crippen molar-refractivity contribution in [3.8, 4) is 16.3 Å². The maximum absolute atomic E-state index is 14.5. The van der Waals surface area contributed by atoms with Gasteiger partial charge in [0, 0.05) is 24.0 Å². The number of methoxy groups -OCH3 is 1. The average Bonchev–Trinajstić information content (AvgIpc) is 3.42. The van der Waals surface area contributed by atoms with Crippen LogP contribution in [0.5, 0.6) is 5.75 Å². The van der Waals surface area contributed by atoms with Crippen LogP contribution in [0.15, 0.2) is 47.8 Å². The lowest BCUT2D eigenvalue weighted by molar-refractivity contribution is 0.102. The van der Waals surface area contributed by atoms with Crippen LogP contribution in [0.2, 0.25) is 0 Å². The van der Waals surface area contributed by atoms with Crippen LogP contribution in [0.4, 0.5) is 15.8 Å². The fraction of sp³-hybridized carbons (Fsp3) is 0.238. The normalized spacial score (nSPS) is 13.6. The van der Waals surface area contributed by atoms with E-state index in [4.69, 9.17) is 4.74 Å². The Labute approximate surface area is 166 Å². The van der Waals surface area contributed by atoms with Crippen molar-refractivity contribution in [2.45, 2.75) is 12.8 Å². The zero-order chi connectivity index (χ0) is 19.5. The number of halogens is 1. The quantitative estimate of drug-likeness (QED) is 0.671. The van der Waals surface area contributed by atoms with Gasteiger partial charge < -0.3 is 15.0 Å². The van der Waals surface area contributed by atoms with Gasteiger partial charge in [-0.05, 0) is 49.2 Å². The third-order valence-corrected chi connectivity index (χ3v) is 5.64. The first kappa shape index (κ1) is 18.4. The number of carbonyl (C=O) groups excluding carboxylic acids is 1. The Hall–Kier alpha value is -2.93. The summed E-state index contributed by atoms with van der Waals surface area (Å²) in [6.45, 7) is 1.73. The van der Waals surface area contributed by atoms with Crippen LogP contribution >= 0.6 is 11.3 Å². The molecule has 5 nitrogen and oxygen atoms in total. The molecule has 7 heteroatoms. The molecule has 28 heavy (non-hydrogen) atoms. The Morgan fingerprint density at radius 2 is 1.93 bits per heavy atom. The molecule has 1 aromatic heterocycles. The fourth-order valence-corrected chi connectivity index (χ4v) is 4.09. The first-order valence-electron chi connectivity index (χ1n) is 9.10. The number of rotatable bonds is 5. The Bertz CT molecular complexity index is 982. The second kappa shape index (κ2) is 7.98. The summed E-state index contributed by atoms with van der Waals surface area (Å²) < 4.78 is 19.6. The van der Waals surface area contributed by atoms with Crippen molar-refractivity contribution >= 4 is 28.6 Å². The van der Waals surface area contributed by atoms with E-state index in [2.05, 4.69) is 15.2 Å². The molecule has 1 N–H and O–H groups in total. The predicted octanol–water partition coefficient (Wildman–Crippen LogP) is 4.81. The number of hydrogen-bond donors (Lipinski definition) is 1. The van der Waals surface area contributed by atoms with Crippen LogP contribution in [-0.4, -0.2) is 31.1 Å². The van der Waals surface area contributed by atoms with Gasteiger partial charge in [0.05, 0.1) is 12.8 Å². The molecule has 1 fully saturated rings. The summed E-state index contributed by atoms with van der Waals surface area (Å²) >= 11 is 1.37. The zero-order valence-electron chi connectivity index (χ0n) is 15.4. The second-order valence-corrected chi connectivity index (χ2v) is 7.41. The molecule has 2 heterocycles. The molecule has 0 spiro atoms. The van der Waals surface area contributed by atoms with Crippen molar-refractivity contribution in [2.75, 3.05) is 30.4 Å². The first-order valence-corrected chi connectivity index (χ1v) is 9.98. The minimum Gasteiger partial charge on any atom is -0.497 e. The molecule has 1 aliphatic rings. The first-order chi connectivity index (χ1) is 13.7. The summed E-state index contributed by atoms with van der Waals surface area (Å²) in [6.07, 6.45) is 2.14. The topological polar surface area (TPSA) is 54.5 Å². The third kappa shape index (κ3) is 3.71. The molecule has 0 aliphatic carbocycles. The monoisotopic (exact) mass is 397 g/mol. The van der Waals surface area contributed by atoms with E-state index in [1.54, 1.807) is 18.6 Å². The highest BCUT2D eigenvalue weighted by Gasteiger charge is 2.21. The molecule has 1 saturated heterocycles. The number of ether oxygens (including phenoxy) is 1. The van der Waals surface area contributed by atoms with Crippen molar-refractivity contribution in [3.63, 3.8) is 0 Å². The number of para-hydroxylation sites is 1. The van der Waals surface area contributed by atoms with Crippen LogP contribution in [-0.2, 0) is 0 Å². The smallest absolute Gasteiger partial charge is 0.275 e. The SMILES string of the molecule is COc1ccc(-c2nc(C(=O)Nc3c(F)cccc3N3CCCC3)cs2)cc1. The fourth-order valence-electron chi connectivity index (χ4n) is 3.28. The summed E-state index contributed by atoms with van der Waals surface area (Å²) in [5.74, 6) is -0.0998. The van der Waals surface area contributed by atoms with E-state index >= 15 is 0 Å². The lowest BCUT2D eigenvalue weighted by atomic mass is 10.2. The lowest BCUT2D eigenvalue weighted by Gasteiger charge is -2.21. The third-order valence-electron chi connectivity index (χ3n) is 4.75. The van der Waals surface area contributed by atoms with Gasteiger partial charge in [-0.1, -0.05) is 6.07 Å². The van der Waals surface area contributed by atoms with E-state index < -0.39 is 11.7 Å². The number of nitrogens with one attached hydrogen (secondary N) is 1. The number of nitrogens with zero attached hydrogens (tertiary/aromatic N) is 2. The van der Waals surface area contributed by atoms with Crippen molar-refractivity contribution in [1.82, 2.24) is 4.98 Å². The van der Waals surface area contributed by atoms with E-state index in [9.17, 15) is 9.18 Å². The Kier molecular flexibility index (Phi) is 5.25. The lowest BCUT2D eigenvalue weighted by Crippen LogP contribution is -2.22. The molecule has 1 aliphatic heterocycles. The minimum atomic E-state index is -0.441. The number of amides is 1. The largest absolute Gasteiger partial charge is 0.497 e. The molecule has 0 atom stereocenters. The van der Waals surface area contributed by atoms with E-state index in [1.807, 2.05) is 30.3 Å². The van der Waals surface area contributed by atoms with E-state index in [-0.39, 0.29) is 11.4 Å². The Morgan fingerprint density at radius 3 is 2.64 bits per heavy atom. The van der Waals surface area contributed by atoms with Gasteiger partial charge in [0.15, 0.2) is 0 Å². The molecule has 0 bridgehead atoms. The van der Waals surface area contributed by atoms with Crippen molar-refractivity contribution in [3.05, 3.63) is 59.4 Å². The number of hydrogen-bond acceptors (Lipinski definition) is 5. The van der Waals surface area contributed by atoms with Gasteiger partial charge in [-0.15, -0.1) is 11.3 Å². The molecule has 0 radical (unpaired) electrons. The molecule has 144 valence electrons. The standard InChI is InChI=1S/C21H20FN3O2S/c1-27-15-9-7-14(8-10-15)21-23-17(13-28-21)20(26)24-19-16(22)5-4-6-18(19)25-11-2-3-12-25/h4-10,13H,2-3,11-12H2,1H3,(H,24,26). The summed E-state index contributed by atoms with van der Waals surface area (Å²) in [6, 6.07) is 12.3. The maximum Gasteiger partial charge on any atom is 0.275 e. The average molecular weight is 397 g/mol.